The first-order chi connectivity index (χ1) is 10.6. The van der Waals surface area contributed by atoms with Gasteiger partial charge in [0, 0.05) is 18.3 Å². The van der Waals surface area contributed by atoms with Crippen LogP contribution in [0.2, 0.25) is 5.02 Å². The topological polar surface area (TPSA) is 78.5 Å². The lowest BCUT2D eigenvalue weighted by molar-refractivity contribution is 0.102. The van der Waals surface area contributed by atoms with Crippen LogP contribution in [0.1, 0.15) is 10.4 Å². The van der Waals surface area contributed by atoms with Gasteiger partial charge in [-0.05, 0) is 28.6 Å². The standard InChI is InChI=1S/C13H11ClN6OS/c1-19-7-9(6-15-19)12(21)8-22-13-16-17-18-20(13)11-4-2-3-10(14)5-11/h2-7H,8H2,1H3. The Kier molecular flexibility index (Phi) is 4.21. The van der Waals surface area contributed by atoms with Crippen molar-refractivity contribution < 1.29 is 4.79 Å². The van der Waals surface area contributed by atoms with Gasteiger partial charge in [0.15, 0.2) is 5.78 Å². The minimum Gasteiger partial charge on any atom is -0.293 e. The lowest BCUT2D eigenvalue weighted by Crippen LogP contribution is -2.04. The SMILES string of the molecule is Cn1cc(C(=O)CSc2nnnn2-c2cccc(Cl)c2)cn1. The number of rotatable bonds is 5. The van der Waals surface area contributed by atoms with Crippen LogP contribution in [0.5, 0.6) is 0 Å². The van der Waals surface area contributed by atoms with Gasteiger partial charge >= 0.3 is 0 Å². The van der Waals surface area contributed by atoms with Crippen molar-refractivity contribution in [3.63, 3.8) is 0 Å². The highest BCUT2D eigenvalue weighted by atomic mass is 35.5. The Labute approximate surface area is 135 Å². The number of Topliss-reactive ketones (excluding diaryl/α,β-unsaturated/α-hetero) is 1. The van der Waals surface area contributed by atoms with E-state index in [1.165, 1.54) is 11.8 Å². The summed E-state index contributed by atoms with van der Waals surface area (Å²) in [7, 11) is 1.77. The number of carbonyl (C=O) groups excluding carboxylic acids is 1. The van der Waals surface area contributed by atoms with Crippen LogP contribution in [0.4, 0.5) is 0 Å². The number of thioether (sulfide) groups is 1. The molecule has 0 N–H and O–H groups in total. The second kappa shape index (κ2) is 6.29. The summed E-state index contributed by atoms with van der Waals surface area (Å²) in [5, 5.41) is 16.6. The number of ketones is 1. The number of tetrazole rings is 1. The molecule has 1 aromatic carbocycles. The molecule has 0 atom stereocenters. The number of carbonyl (C=O) groups is 1. The van der Waals surface area contributed by atoms with Crippen molar-refractivity contribution in [2.24, 2.45) is 7.05 Å². The predicted octanol–water partition coefficient (Wildman–Crippen LogP) is 2.02. The molecule has 0 radical (unpaired) electrons. The van der Waals surface area contributed by atoms with Crippen molar-refractivity contribution in [2.45, 2.75) is 5.16 Å². The van der Waals surface area contributed by atoms with Crippen LogP contribution in [-0.2, 0) is 7.05 Å². The second-order valence-corrected chi connectivity index (χ2v) is 5.85. The Morgan fingerprint density at radius 3 is 3.00 bits per heavy atom. The maximum atomic E-state index is 12.1. The molecule has 22 heavy (non-hydrogen) atoms. The maximum absolute atomic E-state index is 12.1. The third-order valence-corrected chi connectivity index (χ3v) is 4.01. The van der Waals surface area contributed by atoms with Crippen LogP contribution in [0.25, 0.3) is 5.69 Å². The highest BCUT2D eigenvalue weighted by molar-refractivity contribution is 7.99. The molecule has 0 aliphatic heterocycles. The smallest absolute Gasteiger partial charge is 0.214 e. The van der Waals surface area contributed by atoms with Gasteiger partial charge in [0.25, 0.3) is 0 Å². The van der Waals surface area contributed by atoms with E-state index in [2.05, 4.69) is 20.6 Å². The molecule has 2 heterocycles. The third-order valence-electron chi connectivity index (χ3n) is 2.85. The molecule has 0 saturated carbocycles. The molecule has 0 amide bonds. The molecule has 112 valence electrons. The maximum Gasteiger partial charge on any atom is 0.214 e. The highest BCUT2D eigenvalue weighted by Crippen LogP contribution is 2.21. The first-order valence-electron chi connectivity index (χ1n) is 6.32. The lowest BCUT2D eigenvalue weighted by Gasteiger charge is -2.03. The monoisotopic (exact) mass is 334 g/mol. The van der Waals surface area contributed by atoms with E-state index in [0.717, 1.165) is 5.69 Å². The van der Waals surface area contributed by atoms with Gasteiger partial charge in [0.2, 0.25) is 5.16 Å². The van der Waals surface area contributed by atoms with E-state index in [1.54, 1.807) is 40.9 Å². The first kappa shape index (κ1) is 14.7. The number of hydrogen-bond acceptors (Lipinski definition) is 6. The first-order valence-corrected chi connectivity index (χ1v) is 7.69. The molecule has 7 nitrogen and oxygen atoms in total. The molecule has 3 rings (SSSR count). The summed E-state index contributed by atoms with van der Waals surface area (Å²) in [6.07, 6.45) is 3.23. The van der Waals surface area contributed by atoms with Crippen molar-refractivity contribution in [2.75, 3.05) is 5.75 Å². The summed E-state index contributed by atoms with van der Waals surface area (Å²) in [6, 6.07) is 7.18. The number of hydrogen-bond donors (Lipinski definition) is 0. The lowest BCUT2D eigenvalue weighted by atomic mass is 10.3. The molecule has 0 aliphatic carbocycles. The summed E-state index contributed by atoms with van der Waals surface area (Å²) in [5.74, 6) is 0.200. The Hall–Kier alpha value is -2.19. The minimum absolute atomic E-state index is 0.0289. The zero-order valence-electron chi connectivity index (χ0n) is 11.5. The molecular formula is C13H11ClN6OS. The van der Waals surface area contributed by atoms with E-state index >= 15 is 0 Å². The Morgan fingerprint density at radius 1 is 1.41 bits per heavy atom. The van der Waals surface area contributed by atoms with E-state index < -0.39 is 0 Å². The summed E-state index contributed by atoms with van der Waals surface area (Å²) in [6.45, 7) is 0. The Balaban J connectivity index is 1.74. The van der Waals surface area contributed by atoms with Crippen molar-refractivity contribution in [3.8, 4) is 5.69 Å². The average Bonchev–Trinajstić information content (AvgIpc) is 3.13. The van der Waals surface area contributed by atoms with Crippen LogP contribution in [0, 0.1) is 0 Å². The molecule has 0 bridgehead atoms. The summed E-state index contributed by atoms with van der Waals surface area (Å²) >= 11 is 7.24. The van der Waals surface area contributed by atoms with E-state index in [0.29, 0.717) is 15.7 Å². The molecule has 0 fully saturated rings. The quantitative estimate of drug-likeness (QED) is 0.524. The highest BCUT2D eigenvalue weighted by Gasteiger charge is 2.14. The van der Waals surface area contributed by atoms with Crippen molar-refractivity contribution in [1.29, 1.82) is 0 Å². The van der Waals surface area contributed by atoms with E-state index in [9.17, 15) is 4.79 Å². The average molecular weight is 335 g/mol. The zero-order chi connectivity index (χ0) is 15.5. The Morgan fingerprint density at radius 2 is 2.27 bits per heavy atom. The van der Waals surface area contributed by atoms with Crippen molar-refractivity contribution in [3.05, 3.63) is 47.2 Å². The molecule has 2 aromatic heterocycles. The number of aromatic nitrogens is 6. The van der Waals surface area contributed by atoms with E-state index in [1.807, 2.05) is 12.1 Å². The minimum atomic E-state index is -0.0289. The van der Waals surface area contributed by atoms with Crippen LogP contribution < -0.4 is 0 Å². The molecule has 0 spiro atoms. The predicted molar refractivity (Wildman–Crippen MR) is 82.4 cm³/mol. The van der Waals surface area contributed by atoms with Crippen LogP contribution in [-0.4, -0.2) is 41.5 Å². The van der Waals surface area contributed by atoms with Crippen LogP contribution >= 0.6 is 23.4 Å². The number of aryl methyl sites for hydroxylation is 1. The van der Waals surface area contributed by atoms with E-state index in [4.69, 9.17) is 11.6 Å². The van der Waals surface area contributed by atoms with Crippen molar-refractivity contribution in [1.82, 2.24) is 30.0 Å². The number of benzene rings is 1. The molecule has 0 saturated heterocycles. The van der Waals surface area contributed by atoms with Gasteiger partial charge in [-0.1, -0.05) is 29.4 Å². The molecule has 3 aromatic rings. The van der Waals surface area contributed by atoms with Gasteiger partial charge in [0.1, 0.15) is 0 Å². The zero-order valence-corrected chi connectivity index (χ0v) is 13.1. The fourth-order valence-electron chi connectivity index (χ4n) is 1.82. The van der Waals surface area contributed by atoms with Crippen LogP contribution in [0.15, 0.2) is 41.8 Å². The molecule has 9 heteroatoms. The van der Waals surface area contributed by atoms with Gasteiger partial charge in [-0.2, -0.15) is 9.78 Å². The number of halogens is 1. The van der Waals surface area contributed by atoms with E-state index in [-0.39, 0.29) is 11.5 Å². The van der Waals surface area contributed by atoms with Gasteiger partial charge in [-0.3, -0.25) is 9.48 Å². The normalized spacial score (nSPS) is 10.8. The fourth-order valence-corrected chi connectivity index (χ4v) is 2.79. The van der Waals surface area contributed by atoms with Gasteiger partial charge in [0.05, 0.1) is 23.2 Å². The number of nitrogens with zero attached hydrogens (tertiary/aromatic N) is 6. The van der Waals surface area contributed by atoms with Gasteiger partial charge < -0.3 is 0 Å². The third kappa shape index (κ3) is 3.18. The Bertz CT molecular complexity index is 814. The molecule has 0 unspecified atom stereocenters. The summed E-state index contributed by atoms with van der Waals surface area (Å²) in [5.41, 5.74) is 1.31. The fraction of sp³-hybridized carbons (Fsp3) is 0.154. The van der Waals surface area contributed by atoms with Gasteiger partial charge in [-0.15, -0.1) is 5.10 Å². The second-order valence-electron chi connectivity index (χ2n) is 4.47. The van der Waals surface area contributed by atoms with Crippen LogP contribution in [0.3, 0.4) is 0 Å². The van der Waals surface area contributed by atoms with Gasteiger partial charge in [-0.25, -0.2) is 0 Å². The summed E-state index contributed by atoms with van der Waals surface area (Å²) < 4.78 is 3.14. The summed E-state index contributed by atoms with van der Waals surface area (Å²) in [4.78, 5) is 12.1. The largest absolute Gasteiger partial charge is 0.293 e. The molecule has 0 aliphatic rings. The molecular weight excluding hydrogens is 324 g/mol. The van der Waals surface area contributed by atoms with Crippen molar-refractivity contribution >= 4 is 29.1 Å².